The Kier molecular flexibility index (Phi) is 5.24. The largest absolute Gasteiger partial charge is 0.488 e. The smallest absolute Gasteiger partial charge is 0.231 e. The molecule has 0 unspecified atom stereocenters. The summed E-state index contributed by atoms with van der Waals surface area (Å²) >= 11 is 6.06. The van der Waals surface area contributed by atoms with Gasteiger partial charge in [-0.1, -0.05) is 41.9 Å². The molecule has 0 radical (unpaired) electrons. The fraction of sp³-hybridized carbons (Fsp3) is 0.148. The quantitative estimate of drug-likeness (QED) is 0.318. The molecule has 3 aromatic carbocycles. The Bertz CT molecular complexity index is 1380. The molecular weight excluding hydrogens is 422 g/mol. The number of carbonyl (C=O) groups excluding carboxylic acids is 1. The van der Waals surface area contributed by atoms with Crippen LogP contribution in [0.3, 0.4) is 0 Å². The molecule has 1 aromatic heterocycles. The minimum atomic E-state index is -0.113. The van der Waals surface area contributed by atoms with E-state index in [9.17, 15) is 4.79 Å². The van der Waals surface area contributed by atoms with Crippen molar-refractivity contribution < 1.29 is 14.3 Å². The maximum absolute atomic E-state index is 13.0. The van der Waals surface area contributed by atoms with Gasteiger partial charge in [-0.2, -0.15) is 0 Å². The zero-order chi connectivity index (χ0) is 22.2. The number of aromatic nitrogens is 1. The average molecular weight is 444 g/mol. The highest BCUT2D eigenvalue weighted by atomic mass is 35.5. The highest BCUT2D eigenvalue weighted by molar-refractivity contribution is 6.30. The lowest BCUT2D eigenvalue weighted by atomic mass is 10.1. The molecule has 2 heterocycles. The summed E-state index contributed by atoms with van der Waals surface area (Å²) in [6.07, 6.45) is 3.90. The topological polar surface area (TPSA) is 40.5 Å². The number of fused-ring (bicyclic) bond motifs is 2. The predicted molar refractivity (Wildman–Crippen MR) is 128 cm³/mol. The lowest BCUT2D eigenvalue weighted by molar-refractivity contribution is 0.101. The molecule has 1 aliphatic heterocycles. The van der Waals surface area contributed by atoms with E-state index >= 15 is 0 Å². The number of para-hydroxylation sites is 1. The summed E-state index contributed by atoms with van der Waals surface area (Å²) < 4.78 is 14.2. The van der Waals surface area contributed by atoms with Gasteiger partial charge in [0.2, 0.25) is 5.78 Å². The van der Waals surface area contributed by atoms with E-state index < -0.39 is 0 Å². The first-order valence-electron chi connectivity index (χ1n) is 10.6. The van der Waals surface area contributed by atoms with E-state index in [1.807, 2.05) is 55.5 Å². The molecule has 0 spiro atoms. The van der Waals surface area contributed by atoms with Crippen LogP contribution < -0.4 is 9.47 Å². The first-order chi connectivity index (χ1) is 15.5. The van der Waals surface area contributed by atoms with Gasteiger partial charge in [-0.15, -0.1) is 0 Å². The van der Waals surface area contributed by atoms with Crippen molar-refractivity contribution in [1.82, 2.24) is 4.57 Å². The first kappa shape index (κ1) is 20.4. The number of nitrogens with zero attached hydrogens (tertiary/aromatic N) is 1. The molecule has 0 saturated carbocycles. The standard InChI is InChI=1S/C27H22ClNO3/c1-3-29-15-19(21-9-4-5-10-23(21)29)14-25-26(30)22-11-12-24(17(2)27(22)32-25)31-16-18-7-6-8-20(28)13-18/h4-15H,3,16H2,1-2H3/b25-14+. The Morgan fingerprint density at radius 2 is 1.94 bits per heavy atom. The van der Waals surface area contributed by atoms with Gasteiger partial charge in [-0.25, -0.2) is 0 Å². The number of rotatable bonds is 5. The third-order valence-corrected chi connectivity index (χ3v) is 6.00. The minimum absolute atomic E-state index is 0.113. The third kappa shape index (κ3) is 3.57. The predicted octanol–water partition coefficient (Wildman–Crippen LogP) is 6.82. The third-order valence-electron chi connectivity index (χ3n) is 5.77. The van der Waals surface area contributed by atoms with Crippen LogP contribution in [0.2, 0.25) is 5.02 Å². The number of ketones is 1. The lowest BCUT2D eigenvalue weighted by Crippen LogP contribution is -1.98. The SMILES string of the molecule is CCn1cc(/C=C2/Oc3c(ccc(OCc4cccc(Cl)c4)c3C)C2=O)c2ccccc21. The summed E-state index contributed by atoms with van der Waals surface area (Å²) in [5.74, 6) is 1.45. The van der Waals surface area contributed by atoms with Crippen LogP contribution in [0, 0.1) is 6.92 Å². The van der Waals surface area contributed by atoms with Crippen molar-refractivity contribution in [2.75, 3.05) is 0 Å². The van der Waals surface area contributed by atoms with Crippen molar-refractivity contribution >= 4 is 34.4 Å². The second-order valence-electron chi connectivity index (χ2n) is 7.81. The van der Waals surface area contributed by atoms with E-state index in [1.165, 1.54) is 0 Å². The molecule has 0 saturated heterocycles. The van der Waals surface area contributed by atoms with Crippen molar-refractivity contribution in [3.05, 3.63) is 99.9 Å². The molecule has 0 bridgehead atoms. The van der Waals surface area contributed by atoms with E-state index in [0.717, 1.165) is 34.1 Å². The highest BCUT2D eigenvalue weighted by Crippen LogP contribution is 2.40. The summed E-state index contributed by atoms with van der Waals surface area (Å²) in [5, 5.41) is 1.77. The fourth-order valence-electron chi connectivity index (χ4n) is 4.11. The Morgan fingerprint density at radius 3 is 2.75 bits per heavy atom. The van der Waals surface area contributed by atoms with Crippen LogP contribution in [0.5, 0.6) is 11.5 Å². The van der Waals surface area contributed by atoms with Crippen LogP contribution in [0.4, 0.5) is 0 Å². The van der Waals surface area contributed by atoms with E-state index in [2.05, 4.69) is 29.8 Å². The number of hydrogen-bond donors (Lipinski definition) is 0. The van der Waals surface area contributed by atoms with E-state index in [1.54, 1.807) is 6.07 Å². The Morgan fingerprint density at radius 1 is 1.09 bits per heavy atom. The Balaban J connectivity index is 1.44. The van der Waals surface area contributed by atoms with Crippen LogP contribution in [0.15, 0.2) is 72.6 Å². The number of allylic oxidation sites excluding steroid dienone is 1. The highest BCUT2D eigenvalue weighted by Gasteiger charge is 2.30. The van der Waals surface area contributed by atoms with Gasteiger partial charge in [-0.05, 0) is 55.8 Å². The molecule has 4 aromatic rings. The van der Waals surface area contributed by atoms with Crippen LogP contribution >= 0.6 is 11.6 Å². The maximum atomic E-state index is 13.0. The van der Waals surface area contributed by atoms with Crippen molar-refractivity contribution in [2.24, 2.45) is 0 Å². The molecule has 5 heteroatoms. The van der Waals surface area contributed by atoms with Gasteiger partial charge in [-0.3, -0.25) is 4.79 Å². The normalized spacial score (nSPS) is 14.1. The van der Waals surface area contributed by atoms with Gasteiger partial charge in [0.15, 0.2) is 5.76 Å². The van der Waals surface area contributed by atoms with Crippen LogP contribution in [-0.2, 0) is 13.2 Å². The van der Waals surface area contributed by atoms with Gasteiger partial charge < -0.3 is 14.0 Å². The summed E-state index contributed by atoms with van der Waals surface area (Å²) in [5.41, 5.74) is 4.44. The molecule has 0 aliphatic carbocycles. The second-order valence-corrected chi connectivity index (χ2v) is 8.25. The monoisotopic (exact) mass is 443 g/mol. The van der Waals surface area contributed by atoms with E-state index in [0.29, 0.717) is 34.5 Å². The van der Waals surface area contributed by atoms with Gasteiger partial charge in [0.1, 0.15) is 18.1 Å². The molecule has 0 atom stereocenters. The molecule has 5 rings (SSSR count). The zero-order valence-corrected chi connectivity index (χ0v) is 18.6. The van der Waals surface area contributed by atoms with Crippen LogP contribution in [0.25, 0.3) is 17.0 Å². The molecule has 32 heavy (non-hydrogen) atoms. The van der Waals surface area contributed by atoms with Crippen molar-refractivity contribution in [1.29, 1.82) is 0 Å². The number of ether oxygens (including phenoxy) is 2. The summed E-state index contributed by atoms with van der Waals surface area (Å²) in [6, 6.07) is 19.3. The molecule has 4 nitrogen and oxygen atoms in total. The average Bonchev–Trinajstić information content (AvgIpc) is 3.32. The molecule has 160 valence electrons. The van der Waals surface area contributed by atoms with Crippen LogP contribution in [-0.4, -0.2) is 10.4 Å². The van der Waals surface area contributed by atoms with Crippen molar-refractivity contribution in [2.45, 2.75) is 27.0 Å². The van der Waals surface area contributed by atoms with Gasteiger partial charge >= 0.3 is 0 Å². The van der Waals surface area contributed by atoms with Crippen molar-refractivity contribution in [3.63, 3.8) is 0 Å². The van der Waals surface area contributed by atoms with E-state index in [4.69, 9.17) is 21.1 Å². The molecular formula is C27H22ClNO3. The lowest BCUT2D eigenvalue weighted by Gasteiger charge is -2.11. The fourth-order valence-corrected chi connectivity index (χ4v) is 4.32. The summed E-state index contributed by atoms with van der Waals surface area (Å²) in [4.78, 5) is 13.0. The second kappa shape index (κ2) is 8.21. The van der Waals surface area contributed by atoms with Crippen molar-refractivity contribution in [3.8, 4) is 11.5 Å². The number of aryl methyl sites for hydroxylation is 1. The number of halogens is 1. The number of benzene rings is 3. The minimum Gasteiger partial charge on any atom is -0.488 e. The van der Waals surface area contributed by atoms with Gasteiger partial charge in [0.25, 0.3) is 0 Å². The Labute approximate surface area is 191 Å². The molecule has 0 fully saturated rings. The maximum Gasteiger partial charge on any atom is 0.231 e. The zero-order valence-electron chi connectivity index (χ0n) is 17.9. The van der Waals surface area contributed by atoms with E-state index in [-0.39, 0.29) is 5.78 Å². The molecule has 0 N–H and O–H groups in total. The van der Waals surface area contributed by atoms with Gasteiger partial charge in [0, 0.05) is 39.8 Å². The first-order valence-corrected chi connectivity index (χ1v) is 11.0. The molecule has 0 amide bonds. The number of Topliss-reactive ketones (excluding diaryl/α,β-unsaturated/α-hetero) is 1. The Hall–Kier alpha value is -3.50. The number of carbonyl (C=O) groups is 1. The van der Waals surface area contributed by atoms with Crippen LogP contribution in [0.1, 0.15) is 34.0 Å². The summed E-state index contributed by atoms with van der Waals surface area (Å²) in [6.45, 7) is 5.24. The number of hydrogen-bond acceptors (Lipinski definition) is 3. The molecule has 1 aliphatic rings. The summed E-state index contributed by atoms with van der Waals surface area (Å²) in [7, 11) is 0. The van der Waals surface area contributed by atoms with Gasteiger partial charge in [0.05, 0.1) is 5.56 Å².